The van der Waals surface area contributed by atoms with Gasteiger partial charge in [-0.25, -0.2) is 4.98 Å². The quantitative estimate of drug-likeness (QED) is 0.644. The van der Waals surface area contributed by atoms with Gasteiger partial charge >= 0.3 is 0 Å². The topological polar surface area (TPSA) is 35.0 Å². The van der Waals surface area contributed by atoms with Gasteiger partial charge in [0.25, 0.3) is 0 Å². The summed E-state index contributed by atoms with van der Waals surface area (Å²) in [6, 6.07) is 1.83. The zero-order valence-corrected chi connectivity index (χ0v) is 7.09. The summed E-state index contributed by atoms with van der Waals surface area (Å²) in [5.74, 6) is 1.42. The summed E-state index contributed by atoms with van der Waals surface area (Å²) in [5.41, 5.74) is 0.945. The van der Waals surface area contributed by atoms with Crippen LogP contribution in [0.2, 0.25) is 0 Å². The smallest absolute Gasteiger partial charge is 0.216 e. The molecule has 3 nitrogen and oxygen atoms in total. The molecular weight excluding hydrogens is 140 g/mol. The normalized spacial score (nSPS) is 9.73. The number of ether oxygens (including phenoxy) is 1. The van der Waals surface area contributed by atoms with E-state index in [0.717, 1.165) is 11.5 Å². The number of hydrogen-bond donors (Lipinski definition) is 0. The molecule has 3 heteroatoms. The summed E-state index contributed by atoms with van der Waals surface area (Å²) < 4.78 is 5.22. The van der Waals surface area contributed by atoms with E-state index in [4.69, 9.17) is 4.74 Å². The van der Waals surface area contributed by atoms with Crippen molar-refractivity contribution in [1.29, 1.82) is 0 Å². The Morgan fingerprint density at radius 1 is 1.36 bits per heavy atom. The second-order valence-corrected chi connectivity index (χ2v) is 2.33. The second-order valence-electron chi connectivity index (χ2n) is 2.33. The molecule has 0 aliphatic heterocycles. The summed E-state index contributed by atoms with van der Waals surface area (Å²) in [7, 11) is 0. The van der Waals surface area contributed by atoms with Crippen LogP contribution in [0.25, 0.3) is 0 Å². The highest BCUT2D eigenvalue weighted by Crippen LogP contribution is 2.07. The molecule has 0 atom stereocenters. The lowest BCUT2D eigenvalue weighted by Crippen LogP contribution is -1.98. The highest BCUT2D eigenvalue weighted by Gasteiger charge is 1.96. The SMILES string of the molecule is CCOc1cc(C)nc(C)n1. The van der Waals surface area contributed by atoms with Crippen molar-refractivity contribution in [2.24, 2.45) is 0 Å². The fraction of sp³-hybridized carbons (Fsp3) is 0.500. The summed E-state index contributed by atoms with van der Waals surface area (Å²) >= 11 is 0. The Bertz CT molecular complexity index is 228. The first-order chi connectivity index (χ1) is 5.22. The third-order valence-electron chi connectivity index (χ3n) is 1.23. The second kappa shape index (κ2) is 3.32. The fourth-order valence-electron chi connectivity index (χ4n) is 0.905. The third kappa shape index (κ3) is 2.18. The van der Waals surface area contributed by atoms with Crippen LogP contribution in [-0.2, 0) is 0 Å². The van der Waals surface area contributed by atoms with Crippen LogP contribution in [0, 0.1) is 13.8 Å². The van der Waals surface area contributed by atoms with Crippen LogP contribution in [0.3, 0.4) is 0 Å². The Hall–Kier alpha value is -1.12. The molecule has 0 aliphatic rings. The Balaban J connectivity index is 2.89. The lowest BCUT2D eigenvalue weighted by atomic mass is 10.4. The molecule has 11 heavy (non-hydrogen) atoms. The standard InChI is InChI=1S/C8H12N2O/c1-4-11-8-5-6(2)9-7(3)10-8/h5H,4H2,1-3H3. The van der Waals surface area contributed by atoms with Gasteiger partial charge in [-0.15, -0.1) is 0 Å². The molecule has 1 heterocycles. The van der Waals surface area contributed by atoms with Crippen LogP contribution < -0.4 is 4.74 Å². The maximum absolute atomic E-state index is 5.22. The predicted molar refractivity (Wildman–Crippen MR) is 42.7 cm³/mol. The van der Waals surface area contributed by atoms with Gasteiger partial charge in [0.1, 0.15) is 5.82 Å². The molecule has 1 aromatic rings. The van der Waals surface area contributed by atoms with Crippen LogP contribution in [0.4, 0.5) is 0 Å². The van der Waals surface area contributed by atoms with Crippen LogP contribution >= 0.6 is 0 Å². The summed E-state index contributed by atoms with van der Waals surface area (Å²) in [4.78, 5) is 8.22. The molecule has 1 aromatic heterocycles. The first-order valence-electron chi connectivity index (χ1n) is 3.67. The van der Waals surface area contributed by atoms with Crippen molar-refractivity contribution in [3.63, 3.8) is 0 Å². The van der Waals surface area contributed by atoms with Gasteiger partial charge in [-0.05, 0) is 20.8 Å². The van der Waals surface area contributed by atoms with E-state index in [-0.39, 0.29) is 0 Å². The van der Waals surface area contributed by atoms with Gasteiger partial charge < -0.3 is 4.74 Å². The van der Waals surface area contributed by atoms with Crippen LogP contribution in [0.1, 0.15) is 18.4 Å². The third-order valence-corrected chi connectivity index (χ3v) is 1.23. The average Bonchev–Trinajstić information content (AvgIpc) is 1.85. The van der Waals surface area contributed by atoms with Crippen molar-refractivity contribution in [2.75, 3.05) is 6.61 Å². The van der Waals surface area contributed by atoms with E-state index >= 15 is 0 Å². The van der Waals surface area contributed by atoms with Crippen LogP contribution in [0.15, 0.2) is 6.07 Å². The number of rotatable bonds is 2. The summed E-state index contributed by atoms with van der Waals surface area (Å²) in [5, 5.41) is 0. The minimum absolute atomic E-state index is 0.649. The van der Waals surface area contributed by atoms with E-state index in [1.807, 2.05) is 26.8 Å². The first kappa shape index (κ1) is 7.98. The van der Waals surface area contributed by atoms with E-state index in [1.54, 1.807) is 0 Å². The van der Waals surface area contributed by atoms with Gasteiger partial charge in [0.2, 0.25) is 5.88 Å². The minimum Gasteiger partial charge on any atom is -0.478 e. The molecule has 1 rings (SSSR count). The van der Waals surface area contributed by atoms with Gasteiger partial charge in [0, 0.05) is 11.8 Å². The Morgan fingerprint density at radius 3 is 2.64 bits per heavy atom. The van der Waals surface area contributed by atoms with E-state index in [9.17, 15) is 0 Å². The monoisotopic (exact) mass is 152 g/mol. The van der Waals surface area contributed by atoms with Gasteiger partial charge in [-0.3, -0.25) is 0 Å². The highest BCUT2D eigenvalue weighted by molar-refractivity contribution is 5.14. The molecule has 0 amide bonds. The lowest BCUT2D eigenvalue weighted by Gasteiger charge is -2.02. The van der Waals surface area contributed by atoms with E-state index in [1.165, 1.54) is 0 Å². The molecule has 0 aliphatic carbocycles. The molecule has 0 aromatic carbocycles. The Morgan fingerprint density at radius 2 is 2.09 bits per heavy atom. The molecular formula is C8H12N2O. The van der Waals surface area contributed by atoms with Gasteiger partial charge in [-0.2, -0.15) is 4.98 Å². The van der Waals surface area contributed by atoms with Gasteiger partial charge in [0.15, 0.2) is 0 Å². The largest absolute Gasteiger partial charge is 0.478 e. The molecule has 0 N–H and O–H groups in total. The van der Waals surface area contributed by atoms with E-state index in [0.29, 0.717) is 12.5 Å². The van der Waals surface area contributed by atoms with E-state index < -0.39 is 0 Å². The zero-order valence-electron chi connectivity index (χ0n) is 7.09. The molecule has 0 saturated heterocycles. The predicted octanol–water partition coefficient (Wildman–Crippen LogP) is 1.49. The molecule has 0 unspecified atom stereocenters. The maximum atomic E-state index is 5.22. The molecule has 0 spiro atoms. The number of aryl methyl sites for hydroxylation is 2. The molecule has 0 radical (unpaired) electrons. The van der Waals surface area contributed by atoms with E-state index in [2.05, 4.69) is 9.97 Å². The fourth-order valence-corrected chi connectivity index (χ4v) is 0.905. The lowest BCUT2D eigenvalue weighted by molar-refractivity contribution is 0.325. The highest BCUT2D eigenvalue weighted by atomic mass is 16.5. The average molecular weight is 152 g/mol. The van der Waals surface area contributed by atoms with Crippen molar-refractivity contribution >= 4 is 0 Å². The Labute approximate surface area is 66.4 Å². The minimum atomic E-state index is 0.649. The molecule has 0 saturated carbocycles. The summed E-state index contributed by atoms with van der Waals surface area (Å²) in [6.45, 7) is 6.37. The first-order valence-corrected chi connectivity index (χ1v) is 3.67. The zero-order chi connectivity index (χ0) is 8.27. The van der Waals surface area contributed by atoms with Crippen molar-refractivity contribution in [1.82, 2.24) is 9.97 Å². The summed E-state index contributed by atoms with van der Waals surface area (Å²) in [6.07, 6.45) is 0. The van der Waals surface area contributed by atoms with Gasteiger partial charge in [-0.1, -0.05) is 0 Å². The van der Waals surface area contributed by atoms with Crippen molar-refractivity contribution in [3.8, 4) is 5.88 Å². The Kier molecular flexibility index (Phi) is 2.41. The number of nitrogens with zero attached hydrogens (tertiary/aromatic N) is 2. The van der Waals surface area contributed by atoms with Crippen molar-refractivity contribution < 1.29 is 4.74 Å². The molecule has 60 valence electrons. The number of hydrogen-bond acceptors (Lipinski definition) is 3. The molecule has 0 fully saturated rings. The van der Waals surface area contributed by atoms with Gasteiger partial charge in [0.05, 0.1) is 6.61 Å². The van der Waals surface area contributed by atoms with Crippen molar-refractivity contribution in [2.45, 2.75) is 20.8 Å². The van der Waals surface area contributed by atoms with Crippen LogP contribution in [0.5, 0.6) is 5.88 Å². The maximum Gasteiger partial charge on any atom is 0.216 e. The molecule has 0 bridgehead atoms. The number of aromatic nitrogens is 2. The van der Waals surface area contributed by atoms with Crippen LogP contribution in [-0.4, -0.2) is 16.6 Å². The van der Waals surface area contributed by atoms with Crippen molar-refractivity contribution in [3.05, 3.63) is 17.6 Å².